The average Bonchev–Trinajstić information content (AvgIpc) is 2.93. The summed E-state index contributed by atoms with van der Waals surface area (Å²) in [6.07, 6.45) is 0.816. The average molecular weight is 331 g/mol. The largest absolute Gasteiger partial charge is 0.346 e. The minimum atomic E-state index is -0.0319. The minimum absolute atomic E-state index is 0.0319. The third-order valence-electron chi connectivity index (χ3n) is 4.73. The summed E-state index contributed by atoms with van der Waals surface area (Å²) in [7, 11) is 0. The number of carbonyl (C=O) groups excluding carboxylic acids is 1. The number of aromatic nitrogens is 2. The molecule has 0 bridgehead atoms. The van der Waals surface area contributed by atoms with Gasteiger partial charge in [-0.2, -0.15) is 0 Å². The van der Waals surface area contributed by atoms with Crippen molar-refractivity contribution in [1.29, 1.82) is 0 Å². The maximum Gasteiger partial charge on any atom is 0.270 e. The molecule has 1 N–H and O–H groups in total. The van der Waals surface area contributed by atoms with Crippen molar-refractivity contribution < 1.29 is 4.79 Å². The zero-order chi connectivity index (χ0) is 17.4. The molecule has 0 aliphatic carbocycles. The van der Waals surface area contributed by atoms with E-state index in [1.54, 1.807) is 0 Å². The number of hydrogen-bond donors (Lipinski definition) is 1. The number of rotatable bonds is 3. The van der Waals surface area contributed by atoms with Crippen molar-refractivity contribution in [3.05, 3.63) is 77.1 Å². The Morgan fingerprint density at radius 1 is 1.08 bits per heavy atom. The van der Waals surface area contributed by atoms with Gasteiger partial charge in [-0.1, -0.05) is 60.2 Å². The number of fused-ring (bicyclic) bond motifs is 1. The second kappa shape index (κ2) is 6.20. The van der Waals surface area contributed by atoms with E-state index in [2.05, 4.69) is 58.2 Å². The summed E-state index contributed by atoms with van der Waals surface area (Å²) in [5.41, 5.74) is 4.95. The molecular weight excluding hydrogens is 310 g/mol. The van der Waals surface area contributed by atoms with Crippen molar-refractivity contribution in [2.24, 2.45) is 0 Å². The molecule has 1 amide bonds. The molecule has 1 aromatic heterocycles. The molecule has 0 saturated heterocycles. The first kappa shape index (κ1) is 15.6. The highest BCUT2D eigenvalue weighted by molar-refractivity contribution is 5.95. The minimum Gasteiger partial charge on any atom is -0.346 e. The quantitative estimate of drug-likeness (QED) is 0.798. The standard InChI is InChI=1S/C21H21N3O/c1-14-8-10-17(11-9-14)20-22-15(2)19-21(25)23-18(13-24(19)20)12-16-6-4-3-5-7-16/h3-11,18H,12-13H2,1-2H3,(H,23,25)/t18-/m0/s1. The maximum absolute atomic E-state index is 12.6. The van der Waals surface area contributed by atoms with Crippen LogP contribution in [-0.2, 0) is 13.0 Å². The highest BCUT2D eigenvalue weighted by Gasteiger charge is 2.29. The monoisotopic (exact) mass is 331 g/mol. The fourth-order valence-corrected chi connectivity index (χ4v) is 3.50. The molecule has 1 aliphatic heterocycles. The SMILES string of the molecule is Cc1ccc(-c2nc(C)c3n2C[C@H](Cc2ccccc2)NC3=O)cc1. The van der Waals surface area contributed by atoms with Crippen LogP contribution in [0.1, 0.15) is 27.3 Å². The van der Waals surface area contributed by atoms with Crippen LogP contribution < -0.4 is 5.32 Å². The Hall–Kier alpha value is -2.88. The number of carbonyl (C=O) groups is 1. The van der Waals surface area contributed by atoms with E-state index >= 15 is 0 Å². The summed E-state index contributed by atoms with van der Waals surface area (Å²) < 4.78 is 2.08. The van der Waals surface area contributed by atoms with Crippen LogP contribution in [0.2, 0.25) is 0 Å². The van der Waals surface area contributed by atoms with E-state index < -0.39 is 0 Å². The zero-order valence-electron chi connectivity index (χ0n) is 14.5. The van der Waals surface area contributed by atoms with Crippen LogP contribution in [0, 0.1) is 13.8 Å². The summed E-state index contributed by atoms with van der Waals surface area (Å²) >= 11 is 0. The highest BCUT2D eigenvalue weighted by Crippen LogP contribution is 2.26. The van der Waals surface area contributed by atoms with Crippen molar-refractivity contribution in [2.75, 3.05) is 0 Å². The van der Waals surface area contributed by atoms with Gasteiger partial charge in [0, 0.05) is 12.1 Å². The summed E-state index contributed by atoms with van der Waals surface area (Å²) in [5, 5.41) is 3.14. The Kier molecular flexibility index (Phi) is 3.88. The molecule has 3 aromatic rings. The number of hydrogen-bond acceptors (Lipinski definition) is 2. The van der Waals surface area contributed by atoms with E-state index in [1.807, 2.05) is 25.1 Å². The van der Waals surface area contributed by atoms with Crippen molar-refractivity contribution >= 4 is 5.91 Å². The molecule has 4 nitrogen and oxygen atoms in total. The van der Waals surface area contributed by atoms with E-state index in [0.29, 0.717) is 5.69 Å². The molecule has 1 atom stereocenters. The lowest BCUT2D eigenvalue weighted by Crippen LogP contribution is -2.45. The molecule has 0 radical (unpaired) electrons. The van der Waals surface area contributed by atoms with Crippen LogP contribution in [0.25, 0.3) is 11.4 Å². The Morgan fingerprint density at radius 2 is 1.80 bits per heavy atom. The van der Waals surface area contributed by atoms with Crippen LogP contribution in [0.3, 0.4) is 0 Å². The topological polar surface area (TPSA) is 46.9 Å². The molecule has 25 heavy (non-hydrogen) atoms. The van der Waals surface area contributed by atoms with E-state index in [9.17, 15) is 4.79 Å². The fourth-order valence-electron chi connectivity index (χ4n) is 3.50. The van der Waals surface area contributed by atoms with Crippen LogP contribution >= 0.6 is 0 Å². The molecule has 4 heteroatoms. The second-order valence-corrected chi connectivity index (χ2v) is 6.71. The smallest absolute Gasteiger partial charge is 0.270 e. The molecule has 2 aromatic carbocycles. The third-order valence-corrected chi connectivity index (χ3v) is 4.73. The molecule has 4 rings (SSSR count). The Labute approximate surface area is 147 Å². The predicted molar refractivity (Wildman–Crippen MR) is 98.5 cm³/mol. The van der Waals surface area contributed by atoms with Gasteiger partial charge in [0.25, 0.3) is 5.91 Å². The van der Waals surface area contributed by atoms with Gasteiger partial charge in [-0.05, 0) is 25.8 Å². The molecule has 0 unspecified atom stereocenters. The summed E-state index contributed by atoms with van der Waals surface area (Å²) in [4.78, 5) is 17.3. The summed E-state index contributed by atoms with van der Waals surface area (Å²) in [6, 6.07) is 18.6. The lowest BCUT2D eigenvalue weighted by atomic mass is 10.0. The van der Waals surface area contributed by atoms with E-state index in [0.717, 1.165) is 30.0 Å². The van der Waals surface area contributed by atoms with Gasteiger partial charge in [0.1, 0.15) is 11.5 Å². The number of nitrogens with one attached hydrogen (secondary N) is 1. The number of benzene rings is 2. The Balaban J connectivity index is 1.69. The molecule has 1 aliphatic rings. The van der Waals surface area contributed by atoms with Gasteiger partial charge >= 0.3 is 0 Å². The van der Waals surface area contributed by atoms with Gasteiger partial charge in [0.15, 0.2) is 0 Å². The molecule has 0 spiro atoms. The molecule has 0 saturated carbocycles. The first-order valence-corrected chi connectivity index (χ1v) is 8.61. The van der Waals surface area contributed by atoms with Crippen LogP contribution in [0.4, 0.5) is 0 Å². The Bertz CT molecular complexity index is 910. The highest BCUT2D eigenvalue weighted by atomic mass is 16.2. The lowest BCUT2D eigenvalue weighted by molar-refractivity contribution is 0.0900. The van der Waals surface area contributed by atoms with Gasteiger partial charge in [-0.25, -0.2) is 4.98 Å². The predicted octanol–water partition coefficient (Wildman–Crippen LogP) is 3.52. The van der Waals surface area contributed by atoms with Crippen LogP contribution in [0.15, 0.2) is 54.6 Å². The fraction of sp³-hybridized carbons (Fsp3) is 0.238. The number of amides is 1. The van der Waals surface area contributed by atoms with Crippen LogP contribution in [0.5, 0.6) is 0 Å². The first-order chi connectivity index (χ1) is 12.1. The molecular formula is C21H21N3O. The van der Waals surface area contributed by atoms with Gasteiger partial charge in [0.05, 0.1) is 11.7 Å². The van der Waals surface area contributed by atoms with Gasteiger partial charge < -0.3 is 9.88 Å². The van der Waals surface area contributed by atoms with Crippen molar-refractivity contribution in [3.63, 3.8) is 0 Å². The lowest BCUT2D eigenvalue weighted by Gasteiger charge is -2.27. The third kappa shape index (κ3) is 2.95. The van der Waals surface area contributed by atoms with Crippen molar-refractivity contribution in [2.45, 2.75) is 32.9 Å². The van der Waals surface area contributed by atoms with Crippen LogP contribution in [-0.4, -0.2) is 21.5 Å². The van der Waals surface area contributed by atoms with Gasteiger partial charge in [0.2, 0.25) is 0 Å². The maximum atomic E-state index is 12.6. The van der Waals surface area contributed by atoms with Crippen molar-refractivity contribution in [1.82, 2.24) is 14.9 Å². The number of imidazole rings is 1. The first-order valence-electron chi connectivity index (χ1n) is 8.61. The molecule has 0 fully saturated rings. The van der Waals surface area contributed by atoms with Gasteiger partial charge in [-0.15, -0.1) is 0 Å². The van der Waals surface area contributed by atoms with E-state index in [1.165, 1.54) is 11.1 Å². The Morgan fingerprint density at radius 3 is 2.52 bits per heavy atom. The molecule has 2 heterocycles. The van der Waals surface area contributed by atoms with E-state index in [-0.39, 0.29) is 11.9 Å². The normalized spacial score (nSPS) is 16.4. The number of aryl methyl sites for hydroxylation is 2. The second-order valence-electron chi connectivity index (χ2n) is 6.71. The summed E-state index contributed by atoms with van der Waals surface area (Å²) in [6.45, 7) is 4.71. The zero-order valence-corrected chi connectivity index (χ0v) is 14.5. The van der Waals surface area contributed by atoms with Gasteiger partial charge in [-0.3, -0.25) is 4.79 Å². The molecule has 126 valence electrons. The van der Waals surface area contributed by atoms with E-state index in [4.69, 9.17) is 0 Å². The van der Waals surface area contributed by atoms with Crippen molar-refractivity contribution in [3.8, 4) is 11.4 Å². The number of nitrogens with zero attached hydrogens (tertiary/aromatic N) is 2. The summed E-state index contributed by atoms with van der Waals surface area (Å²) in [5.74, 6) is 0.843.